The number of ketones is 1. The summed E-state index contributed by atoms with van der Waals surface area (Å²) in [6, 6.07) is 10.7. The molecule has 1 fully saturated rings. The minimum Gasteiger partial charge on any atom is -0.451 e. The number of carbonyl (C=O) groups is 3. The highest BCUT2D eigenvalue weighted by Gasteiger charge is 2.24. The lowest BCUT2D eigenvalue weighted by Crippen LogP contribution is -2.27. The third-order valence-electron chi connectivity index (χ3n) is 5.57. The molecule has 0 unspecified atom stereocenters. The maximum Gasteiger partial charge on any atom is 0.378 e. The molecule has 1 amide bonds. The maximum atomic E-state index is 13.4. The Labute approximate surface area is 203 Å². The molecular weight excluding hydrogens is 473 g/mol. The van der Waals surface area contributed by atoms with Gasteiger partial charge in [-0.1, -0.05) is 6.07 Å². The van der Waals surface area contributed by atoms with Gasteiger partial charge in [0.1, 0.15) is 11.5 Å². The van der Waals surface area contributed by atoms with E-state index in [4.69, 9.17) is 4.74 Å². The fourth-order valence-electron chi connectivity index (χ4n) is 3.77. The summed E-state index contributed by atoms with van der Waals surface area (Å²) in [5, 5.41) is 6.09. The van der Waals surface area contributed by atoms with Gasteiger partial charge in [-0.3, -0.25) is 9.59 Å². The zero-order valence-electron chi connectivity index (χ0n) is 18.4. The number of likely N-dealkylation sites (tertiary alicyclic amines) is 1. The summed E-state index contributed by atoms with van der Waals surface area (Å²) in [6.07, 6.45) is 3.36. The molecule has 0 radical (unpaired) electrons. The molecule has 0 bridgehead atoms. The van der Waals surface area contributed by atoms with E-state index in [1.54, 1.807) is 4.90 Å². The van der Waals surface area contributed by atoms with Gasteiger partial charge in [0.25, 0.3) is 11.7 Å². The lowest BCUT2D eigenvalue weighted by molar-refractivity contribution is 0.0462. The molecule has 1 aliphatic rings. The van der Waals surface area contributed by atoms with Crippen LogP contribution in [0.2, 0.25) is 0 Å². The first kappa shape index (κ1) is 22.7. The largest absolute Gasteiger partial charge is 0.451 e. The number of aromatic nitrogens is 4. The van der Waals surface area contributed by atoms with Crippen molar-refractivity contribution in [3.8, 4) is 16.4 Å². The quantitative estimate of drug-likeness (QED) is 0.310. The van der Waals surface area contributed by atoms with Crippen LogP contribution in [0.3, 0.4) is 0 Å². The summed E-state index contributed by atoms with van der Waals surface area (Å²) >= 11 is 1.40. The molecule has 1 saturated heterocycles. The number of aromatic amines is 1. The van der Waals surface area contributed by atoms with E-state index in [-0.39, 0.29) is 17.3 Å². The van der Waals surface area contributed by atoms with E-state index < -0.39 is 24.2 Å². The van der Waals surface area contributed by atoms with Gasteiger partial charge in [0.15, 0.2) is 12.4 Å². The summed E-state index contributed by atoms with van der Waals surface area (Å²) in [7, 11) is 0. The van der Waals surface area contributed by atoms with Gasteiger partial charge in [0.05, 0.1) is 10.6 Å². The standard InChI is InChI=1S/C24H20FN5O4S/c25-16-5-7-17(8-6-16)30-22(20-4-3-11-35-20)27-21(28-30)24(33)34-14-19(31)15-12-18(26-13-15)23(32)29-9-1-2-10-29/h3-8,11-13,26H,1-2,9-10,14H2. The molecule has 3 aromatic heterocycles. The lowest BCUT2D eigenvalue weighted by Gasteiger charge is -2.13. The van der Waals surface area contributed by atoms with Crippen molar-refractivity contribution in [2.75, 3.05) is 19.7 Å². The Kier molecular flexibility index (Phi) is 6.23. The van der Waals surface area contributed by atoms with Crippen molar-refractivity contribution in [3.63, 3.8) is 0 Å². The van der Waals surface area contributed by atoms with E-state index in [9.17, 15) is 18.8 Å². The van der Waals surface area contributed by atoms with E-state index in [2.05, 4.69) is 15.1 Å². The van der Waals surface area contributed by atoms with Crippen molar-refractivity contribution in [1.29, 1.82) is 0 Å². The van der Waals surface area contributed by atoms with Gasteiger partial charge < -0.3 is 14.6 Å². The molecule has 5 rings (SSSR count). The Morgan fingerprint density at radius 1 is 1.11 bits per heavy atom. The van der Waals surface area contributed by atoms with Crippen LogP contribution in [-0.4, -0.2) is 62.0 Å². The van der Waals surface area contributed by atoms with Crippen LogP contribution >= 0.6 is 11.3 Å². The number of ether oxygens (including phenoxy) is 1. The number of H-pyrrole nitrogens is 1. The van der Waals surface area contributed by atoms with Crippen LogP contribution in [0.4, 0.5) is 4.39 Å². The minimum absolute atomic E-state index is 0.157. The van der Waals surface area contributed by atoms with Gasteiger partial charge >= 0.3 is 5.97 Å². The molecule has 9 nitrogen and oxygen atoms in total. The van der Waals surface area contributed by atoms with Gasteiger partial charge in [-0.25, -0.2) is 13.9 Å². The van der Waals surface area contributed by atoms with Crippen LogP contribution in [0.25, 0.3) is 16.4 Å². The fraction of sp³-hybridized carbons (Fsp3) is 0.208. The van der Waals surface area contributed by atoms with Gasteiger partial charge in [-0.2, -0.15) is 4.98 Å². The number of halogens is 1. The Hall–Kier alpha value is -4.12. The topological polar surface area (TPSA) is 110 Å². The molecule has 0 saturated carbocycles. The average molecular weight is 494 g/mol. The highest BCUT2D eigenvalue weighted by atomic mass is 32.1. The van der Waals surface area contributed by atoms with Crippen molar-refractivity contribution >= 4 is 29.0 Å². The monoisotopic (exact) mass is 493 g/mol. The predicted molar refractivity (Wildman–Crippen MR) is 125 cm³/mol. The molecule has 1 aliphatic heterocycles. The molecule has 11 heteroatoms. The zero-order chi connectivity index (χ0) is 24.4. The van der Waals surface area contributed by atoms with Crippen LogP contribution < -0.4 is 0 Å². The number of carbonyl (C=O) groups excluding carboxylic acids is 3. The second-order valence-electron chi connectivity index (χ2n) is 7.93. The van der Waals surface area contributed by atoms with Crippen molar-refractivity contribution in [2.45, 2.75) is 12.8 Å². The number of thiophene rings is 1. The SMILES string of the molecule is O=C(COC(=O)c1nc(-c2cccs2)n(-c2ccc(F)cc2)n1)c1c[nH]c(C(=O)N2CCCC2)c1. The van der Waals surface area contributed by atoms with Crippen LogP contribution in [0.1, 0.15) is 44.3 Å². The smallest absolute Gasteiger partial charge is 0.378 e. The number of benzene rings is 1. The minimum atomic E-state index is -0.874. The fourth-order valence-corrected chi connectivity index (χ4v) is 4.47. The molecule has 35 heavy (non-hydrogen) atoms. The van der Waals surface area contributed by atoms with Crippen LogP contribution in [0.15, 0.2) is 54.0 Å². The molecule has 178 valence electrons. The first-order valence-corrected chi connectivity index (χ1v) is 11.8. The molecule has 4 heterocycles. The number of hydrogen-bond acceptors (Lipinski definition) is 7. The first-order chi connectivity index (χ1) is 17.0. The Morgan fingerprint density at radius 3 is 2.60 bits per heavy atom. The van der Waals surface area contributed by atoms with Crippen molar-refractivity contribution in [3.05, 3.63) is 76.9 Å². The second kappa shape index (κ2) is 9.63. The summed E-state index contributed by atoms with van der Waals surface area (Å²) in [6.45, 7) is 0.862. The normalized spacial score (nSPS) is 13.2. The first-order valence-electron chi connectivity index (χ1n) is 10.9. The third kappa shape index (κ3) is 4.76. The van der Waals surface area contributed by atoms with E-state index in [1.165, 1.54) is 52.5 Å². The summed E-state index contributed by atoms with van der Waals surface area (Å²) in [5.74, 6) is -1.74. The number of Topliss-reactive ketones (excluding diaryl/α,β-unsaturated/α-hetero) is 1. The van der Waals surface area contributed by atoms with Crippen molar-refractivity contribution in [1.82, 2.24) is 24.6 Å². The average Bonchev–Trinajstić information content (AvgIpc) is 3.68. The molecular formula is C24H20FN5O4S. The zero-order valence-corrected chi connectivity index (χ0v) is 19.3. The van der Waals surface area contributed by atoms with Gasteiger partial charge in [0, 0.05) is 24.8 Å². The molecule has 0 spiro atoms. The number of hydrogen-bond donors (Lipinski definition) is 1. The van der Waals surface area contributed by atoms with E-state index in [0.717, 1.165) is 17.7 Å². The number of amides is 1. The third-order valence-corrected chi connectivity index (χ3v) is 6.43. The predicted octanol–water partition coefficient (Wildman–Crippen LogP) is 3.74. The lowest BCUT2D eigenvalue weighted by atomic mass is 10.2. The molecule has 1 N–H and O–H groups in total. The Balaban J connectivity index is 1.29. The van der Waals surface area contributed by atoms with Gasteiger partial charge in [-0.05, 0) is 54.6 Å². The highest BCUT2D eigenvalue weighted by Crippen LogP contribution is 2.26. The highest BCUT2D eigenvalue weighted by molar-refractivity contribution is 7.13. The summed E-state index contributed by atoms with van der Waals surface area (Å²) in [4.78, 5) is 47.3. The van der Waals surface area contributed by atoms with E-state index in [0.29, 0.717) is 30.3 Å². The molecule has 0 atom stereocenters. The maximum absolute atomic E-state index is 13.4. The van der Waals surface area contributed by atoms with Crippen LogP contribution in [0, 0.1) is 5.82 Å². The van der Waals surface area contributed by atoms with Crippen LogP contribution in [-0.2, 0) is 4.74 Å². The van der Waals surface area contributed by atoms with E-state index in [1.807, 2.05) is 17.5 Å². The number of esters is 1. The summed E-state index contributed by atoms with van der Waals surface area (Å²) in [5.41, 5.74) is 1.08. The number of nitrogens with zero attached hydrogens (tertiary/aromatic N) is 4. The molecule has 1 aromatic carbocycles. The Morgan fingerprint density at radius 2 is 1.89 bits per heavy atom. The number of rotatable bonds is 7. The van der Waals surface area contributed by atoms with Crippen LogP contribution in [0.5, 0.6) is 0 Å². The molecule has 0 aliphatic carbocycles. The summed E-state index contributed by atoms with van der Waals surface area (Å²) < 4.78 is 20.0. The van der Waals surface area contributed by atoms with E-state index >= 15 is 0 Å². The van der Waals surface area contributed by atoms with Crippen molar-refractivity contribution in [2.24, 2.45) is 0 Å². The Bertz CT molecular complexity index is 1370. The van der Waals surface area contributed by atoms with Gasteiger partial charge in [-0.15, -0.1) is 16.4 Å². The number of nitrogens with one attached hydrogen (secondary N) is 1. The van der Waals surface area contributed by atoms with Gasteiger partial charge in [0.2, 0.25) is 5.78 Å². The molecule has 4 aromatic rings. The van der Waals surface area contributed by atoms with Crippen molar-refractivity contribution < 1.29 is 23.5 Å². The second-order valence-corrected chi connectivity index (χ2v) is 8.87.